The molecule has 0 radical (unpaired) electrons. The van der Waals surface area contributed by atoms with E-state index in [2.05, 4.69) is 15.5 Å². The highest BCUT2D eigenvalue weighted by atomic mass is 15.2. The van der Waals surface area contributed by atoms with E-state index in [1.54, 1.807) is 0 Å². The molecule has 0 aliphatic heterocycles. The monoisotopic (exact) mass is 162 g/mol. The summed E-state index contributed by atoms with van der Waals surface area (Å²) in [5, 5.41) is 18.0. The second kappa shape index (κ2) is 3.58. The maximum Gasteiger partial charge on any atom is 0.152 e. The Labute approximate surface area is 70.9 Å². The van der Waals surface area contributed by atoms with E-state index < -0.39 is 0 Å². The Morgan fingerprint density at radius 1 is 1.83 bits per heavy atom. The van der Waals surface area contributed by atoms with Crippen LogP contribution in [-0.4, -0.2) is 10.2 Å². The van der Waals surface area contributed by atoms with Crippen LogP contribution in [0.25, 0.3) is 0 Å². The zero-order chi connectivity index (χ0) is 8.97. The first kappa shape index (κ1) is 8.34. The zero-order valence-electron chi connectivity index (χ0n) is 7.05. The number of hydrogen-bond donors (Lipinski definition) is 2. The summed E-state index contributed by atoms with van der Waals surface area (Å²) in [6.07, 6.45) is 1.43. The fourth-order valence-electron chi connectivity index (χ4n) is 0.817. The van der Waals surface area contributed by atoms with Gasteiger partial charge < -0.3 is 5.32 Å². The highest BCUT2D eigenvalue weighted by molar-refractivity contribution is 5.41. The fourth-order valence-corrected chi connectivity index (χ4v) is 0.817. The predicted molar refractivity (Wildman–Crippen MR) is 46.3 cm³/mol. The zero-order valence-corrected chi connectivity index (χ0v) is 7.05. The molecule has 0 aliphatic rings. The standard InChI is InChI=1S/C8H10N4/c1-6(3-4-9)10-8-5-7(2)11-12-8/h3,5H,1-2H3,(H2,10,11,12)/b6-3+. The Morgan fingerprint density at radius 2 is 2.58 bits per heavy atom. The van der Waals surface area contributed by atoms with Gasteiger partial charge in [0.1, 0.15) is 0 Å². The average Bonchev–Trinajstić information content (AvgIpc) is 2.36. The summed E-state index contributed by atoms with van der Waals surface area (Å²) in [5.74, 6) is 0.733. The number of rotatable bonds is 2. The molecule has 62 valence electrons. The third-order valence-corrected chi connectivity index (χ3v) is 1.31. The molecule has 0 aromatic carbocycles. The third kappa shape index (κ3) is 2.13. The van der Waals surface area contributed by atoms with Crippen molar-refractivity contribution in [3.63, 3.8) is 0 Å². The molecule has 1 aromatic rings. The van der Waals surface area contributed by atoms with E-state index in [-0.39, 0.29) is 0 Å². The molecule has 0 unspecified atom stereocenters. The van der Waals surface area contributed by atoms with Crippen LogP contribution in [-0.2, 0) is 0 Å². The van der Waals surface area contributed by atoms with Crippen molar-refractivity contribution in [3.8, 4) is 6.07 Å². The summed E-state index contributed by atoms with van der Waals surface area (Å²) in [6.45, 7) is 3.73. The molecule has 4 nitrogen and oxygen atoms in total. The Morgan fingerprint density at radius 3 is 3.08 bits per heavy atom. The van der Waals surface area contributed by atoms with Gasteiger partial charge in [0.05, 0.1) is 6.07 Å². The van der Waals surface area contributed by atoms with Crippen molar-refractivity contribution < 1.29 is 0 Å². The van der Waals surface area contributed by atoms with Gasteiger partial charge in [-0.25, -0.2) is 0 Å². The topological polar surface area (TPSA) is 64.5 Å². The molecule has 2 N–H and O–H groups in total. The number of anilines is 1. The Bertz CT molecular complexity index is 329. The molecule has 0 spiro atoms. The second-order valence-electron chi connectivity index (χ2n) is 2.52. The number of nitrogens with zero attached hydrogens (tertiary/aromatic N) is 2. The summed E-state index contributed by atoms with van der Waals surface area (Å²) in [5.41, 5.74) is 1.77. The van der Waals surface area contributed by atoms with Gasteiger partial charge in [-0.2, -0.15) is 10.4 Å². The van der Waals surface area contributed by atoms with E-state index in [1.165, 1.54) is 6.08 Å². The number of aromatic nitrogens is 2. The van der Waals surface area contributed by atoms with E-state index in [1.807, 2.05) is 26.0 Å². The minimum absolute atomic E-state index is 0.733. The van der Waals surface area contributed by atoms with Crippen molar-refractivity contribution in [3.05, 3.63) is 23.5 Å². The molecule has 0 saturated carbocycles. The van der Waals surface area contributed by atoms with Crippen LogP contribution in [0.1, 0.15) is 12.6 Å². The molecule has 0 fully saturated rings. The van der Waals surface area contributed by atoms with E-state index >= 15 is 0 Å². The van der Waals surface area contributed by atoms with Gasteiger partial charge in [-0.3, -0.25) is 5.10 Å². The SMILES string of the molecule is C/C(=C\C#N)Nc1cc(C)[nH]n1. The smallest absolute Gasteiger partial charge is 0.152 e. The van der Waals surface area contributed by atoms with Crippen molar-refractivity contribution in [1.29, 1.82) is 5.26 Å². The molecule has 0 amide bonds. The molecular weight excluding hydrogens is 152 g/mol. The first-order valence-electron chi connectivity index (χ1n) is 3.58. The predicted octanol–water partition coefficient (Wildman–Crippen LogP) is 1.56. The van der Waals surface area contributed by atoms with Crippen LogP contribution in [0.15, 0.2) is 17.8 Å². The fraction of sp³-hybridized carbons (Fsp3) is 0.250. The minimum atomic E-state index is 0.733. The number of nitrogens with one attached hydrogen (secondary N) is 2. The minimum Gasteiger partial charge on any atom is -0.342 e. The maximum atomic E-state index is 8.33. The van der Waals surface area contributed by atoms with Crippen LogP contribution in [0.4, 0.5) is 5.82 Å². The summed E-state index contributed by atoms with van der Waals surface area (Å²) >= 11 is 0. The lowest BCUT2D eigenvalue weighted by Crippen LogP contribution is -1.94. The van der Waals surface area contributed by atoms with Crippen molar-refractivity contribution in [1.82, 2.24) is 10.2 Å². The molecule has 0 bridgehead atoms. The molecule has 0 atom stereocenters. The van der Waals surface area contributed by atoms with E-state index in [0.29, 0.717) is 0 Å². The molecule has 12 heavy (non-hydrogen) atoms. The van der Waals surface area contributed by atoms with Crippen molar-refractivity contribution >= 4 is 5.82 Å². The maximum absolute atomic E-state index is 8.33. The van der Waals surface area contributed by atoms with Crippen LogP contribution in [0, 0.1) is 18.3 Å². The molecule has 0 aliphatic carbocycles. The van der Waals surface area contributed by atoms with Crippen LogP contribution in [0.2, 0.25) is 0 Å². The first-order valence-corrected chi connectivity index (χ1v) is 3.58. The van der Waals surface area contributed by atoms with Gasteiger partial charge in [0.2, 0.25) is 0 Å². The number of aromatic amines is 1. The molecular formula is C8H10N4. The molecule has 1 heterocycles. The molecule has 0 saturated heterocycles. The third-order valence-electron chi connectivity index (χ3n) is 1.31. The van der Waals surface area contributed by atoms with Gasteiger partial charge in [0.25, 0.3) is 0 Å². The van der Waals surface area contributed by atoms with Crippen LogP contribution >= 0.6 is 0 Å². The van der Waals surface area contributed by atoms with Crippen LogP contribution in [0.5, 0.6) is 0 Å². The van der Waals surface area contributed by atoms with E-state index in [4.69, 9.17) is 5.26 Å². The highest BCUT2D eigenvalue weighted by Gasteiger charge is 1.95. The summed E-state index contributed by atoms with van der Waals surface area (Å²) in [7, 11) is 0. The Hall–Kier alpha value is -1.76. The van der Waals surface area contributed by atoms with Gasteiger partial charge in [0, 0.05) is 23.5 Å². The largest absolute Gasteiger partial charge is 0.342 e. The van der Waals surface area contributed by atoms with Crippen molar-refractivity contribution in [2.24, 2.45) is 0 Å². The van der Waals surface area contributed by atoms with Gasteiger partial charge in [-0.15, -0.1) is 0 Å². The van der Waals surface area contributed by atoms with Gasteiger partial charge in [-0.05, 0) is 13.8 Å². The lowest BCUT2D eigenvalue weighted by atomic mass is 10.4. The van der Waals surface area contributed by atoms with Gasteiger partial charge in [0.15, 0.2) is 5.82 Å². The highest BCUT2D eigenvalue weighted by Crippen LogP contribution is 2.06. The number of H-pyrrole nitrogens is 1. The summed E-state index contributed by atoms with van der Waals surface area (Å²) < 4.78 is 0. The molecule has 1 rings (SSSR count). The van der Waals surface area contributed by atoms with E-state index in [0.717, 1.165) is 17.2 Å². The number of hydrogen-bond acceptors (Lipinski definition) is 3. The number of nitriles is 1. The second-order valence-corrected chi connectivity index (χ2v) is 2.52. The van der Waals surface area contributed by atoms with Crippen molar-refractivity contribution in [2.45, 2.75) is 13.8 Å². The van der Waals surface area contributed by atoms with Crippen LogP contribution < -0.4 is 5.32 Å². The average molecular weight is 162 g/mol. The van der Waals surface area contributed by atoms with E-state index in [9.17, 15) is 0 Å². The number of aryl methyl sites for hydroxylation is 1. The van der Waals surface area contributed by atoms with Crippen molar-refractivity contribution in [2.75, 3.05) is 5.32 Å². The Balaban J connectivity index is 2.65. The van der Waals surface area contributed by atoms with Gasteiger partial charge >= 0.3 is 0 Å². The first-order chi connectivity index (χ1) is 5.72. The van der Waals surface area contributed by atoms with Crippen LogP contribution in [0.3, 0.4) is 0 Å². The lowest BCUT2D eigenvalue weighted by molar-refractivity contribution is 1.04. The quantitative estimate of drug-likeness (QED) is 0.648. The summed E-state index contributed by atoms with van der Waals surface area (Å²) in [4.78, 5) is 0. The Kier molecular flexibility index (Phi) is 2.49. The normalized spacial score (nSPS) is 10.9. The summed E-state index contributed by atoms with van der Waals surface area (Å²) in [6, 6.07) is 3.80. The van der Waals surface area contributed by atoms with Gasteiger partial charge in [-0.1, -0.05) is 0 Å². The molecule has 4 heteroatoms. The lowest BCUT2D eigenvalue weighted by Gasteiger charge is -1.98. The number of allylic oxidation sites excluding steroid dienone is 2. The molecule has 1 aromatic heterocycles.